The zero-order valence-corrected chi connectivity index (χ0v) is 10.5. The molecule has 0 atom stereocenters. The van der Waals surface area contributed by atoms with Gasteiger partial charge in [0.1, 0.15) is 17.4 Å². The summed E-state index contributed by atoms with van der Waals surface area (Å²) >= 11 is 0. The predicted octanol–water partition coefficient (Wildman–Crippen LogP) is 0.662. The number of hydrogen-bond acceptors (Lipinski definition) is 5. The van der Waals surface area contributed by atoms with Crippen molar-refractivity contribution in [1.82, 2.24) is 4.90 Å². The van der Waals surface area contributed by atoms with Gasteiger partial charge >= 0.3 is 0 Å². The maximum absolute atomic E-state index is 11.8. The highest BCUT2D eigenvalue weighted by molar-refractivity contribution is 6.06. The van der Waals surface area contributed by atoms with Crippen molar-refractivity contribution in [2.24, 2.45) is 0 Å². The number of carbonyl (C=O) groups is 1. The molecule has 0 heterocycles. The van der Waals surface area contributed by atoms with Gasteiger partial charge in [-0.3, -0.25) is 4.79 Å². The predicted molar refractivity (Wildman–Crippen MR) is 70.1 cm³/mol. The number of phenols is 1. The molecule has 19 heavy (non-hydrogen) atoms. The Kier molecular flexibility index (Phi) is 5.38. The molecule has 0 saturated carbocycles. The minimum Gasteiger partial charge on any atom is -0.508 e. The molecule has 0 aliphatic carbocycles. The van der Waals surface area contributed by atoms with Gasteiger partial charge in [-0.15, -0.1) is 0 Å². The molecular formula is C13H15N3O3. The van der Waals surface area contributed by atoms with E-state index >= 15 is 0 Å². The first-order chi connectivity index (χ1) is 9.06. The van der Waals surface area contributed by atoms with Crippen LogP contribution in [-0.2, 0) is 4.79 Å². The van der Waals surface area contributed by atoms with Gasteiger partial charge in [0.25, 0.3) is 5.91 Å². The Bertz CT molecular complexity index is 503. The maximum atomic E-state index is 11.8. The number of hydrogen-bond donors (Lipinski definition) is 3. The van der Waals surface area contributed by atoms with E-state index in [0.717, 1.165) is 0 Å². The minimum atomic E-state index is -0.544. The Morgan fingerprint density at radius 3 is 2.63 bits per heavy atom. The summed E-state index contributed by atoms with van der Waals surface area (Å²) in [6, 6.07) is 7.72. The van der Waals surface area contributed by atoms with Crippen LogP contribution in [0.1, 0.15) is 0 Å². The molecule has 0 aromatic heterocycles. The Balaban J connectivity index is 2.75. The number of anilines is 1. The Labute approximate surface area is 111 Å². The summed E-state index contributed by atoms with van der Waals surface area (Å²) in [4.78, 5) is 13.4. The van der Waals surface area contributed by atoms with Crippen LogP contribution >= 0.6 is 0 Å². The minimum absolute atomic E-state index is 0.0642. The first-order valence-electron chi connectivity index (χ1n) is 5.60. The summed E-state index contributed by atoms with van der Waals surface area (Å²) in [5, 5.41) is 29.3. The van der Waals surface area contributed by atoms with Crippen LogP contribution < -0.4 is 5.32 Å². The second kappa shape index (κ2) is 7.03. The molecule has 6 heteroatoms. The van der Waals surface area contributed by atoms with Crippen LogP contribution in [0.25, 0.3) is 0 Å². The smallest absolute Gasteiger partial charge is 0.267 e. The third-order valence-electron chi connectivity index (χ3n) is 2.29. The first kappa shape index (κ1) is 14.5. The number of aliphatic hydroxyl groups excluding tert-OH is 1. The van der Waals surface area contributed by atoms with E-state index in [-0.39, 0.29) is 17.9 Å². The van der Waals surface area contributed by atoms with Gasteiger partial charge in [0.2, 0.25) is 0 Å². The molecule has 0 bridgehead atoms. The van der Waals surface area contributed by atoms with Crippen molar-refractivity contribution < 1.29 is 15.0 Å². The summed E-state index contributed by atoms with van der Waals surface area (Å²) in [6.07, 6.45) is 1.37. The van der Waals surface area contributed by atoms with E-state index in [0.29, 0.717) is 12.2 Å². The molecule has 0 unspecified atom stereocenters. The molecule has 0 saturated heterocycles. The van der Waals surface area contributed by atoms with Crippen molar-refractivity contribution in [2.45, 2.75) is 0 Å². The van der Waals surface area contributed by atoms with E-state index in [2.05, 4.69) is 5.32 Å². The first-order valence-corrected chi connectivity index (χ1v) is 5.60. The van der Waals surface area contributed by atoms with Crippen LogP contribution in [0.5, 0.6) is 5.75 Å². The van der Waals surface area contributed by atoms with Crippen LogP contribution in [0.2, 0.25) is 0 Å². The summed E-state index contributed by atoms with van der Waals surface area (Å²) in [5.41, 5.74) is 0.415. The average Bonchev–Trinajstić information content (AvgIpc) is 2.39. The van der Waals surface area contributed by atoms with Gasteiger partial charge in [-0.25, -0.2) is 0 Å². The number of nitriles is 1. The van der Waals surface area contributed by atoms with Gasteiger partial charge in [0.05, 0.1) is 6.61 Å². The largest absolute Gasteiger partial charge is 0.508 e. The fraction of sp³-hybridized carbons (Fsp3) is 0.231. The lowest BCUT2D eigenvalue weighted by Crippen LogP contribution is -2.20. The van der Waals surface area contributed by atoms with Crippen molar-refractivity contribution in [3.05, 3.63) is 36.0 Å². The number of likely N-dealkylation sites (N-methyl/N-ethyl adjacent to an activating group) is 1. The van der Waals surface area contributed by atoms with Crippen molar-refractivity contribution in [3.8, 4) is 11.8 Å². The molecule has 1 aromatic carbocycles. The van der Waals surface area contributed by atoms with Crippen molar-refractivity contribution in [2.75, 3.05) is 25.5 Å². The monoisotopic (exact) mass is 261 g/mol. The summed E-state index contributed by atoms with van der Waals surface area (Å²) < 4.78 is 0. The van der Waals surface area contributed by atoms with Crippen LogP contribution in [0.15, 0.2) is 36.0 Å². The Hall–Kier alpha value is -2.52. The van der Waals surface area contributed by atoms with Gasteiger partial charge in [0, 0.05) is 25.5 Å². The number of nitrogens with one attached hydrogen (secondary N) is 1. The fourth-order valence-electron chi connectivity index (χ4n) is 1.32. The lowest BCUT2D eigenvalue weighted by atomic mass is 10.2. The number of nitrogens with zero attached hydrogens (tertiary/aromatic N) is 2. The van der Waals surface area contributed by atoms with Crippen molar-refractivity contribution in [1.29, 1.82) is 5.26 Å². The summed E-state index contributed by atoms with van der Waals surface area (Å²) in [7, 11) is 1.65. The molecular weight excluding hydrogens is 246 g/mol. The molecule has 1 aromatic rings. The lowest BCUT2D eigenvalue weighted by molar-refractivity contribution is -0.112. The SMILES string of the molecule is CN(/C=C(/C#N)C(=O)Nc1ccc(O)cc1)CCO. The topological polar surface area (TPSA) is 96.6 Å². The zero-order chi connectivity index (χ0) is 14.3. The molecule has 0 spiro atoms. The Morgan fingerprint density at radius 1 is 1.47 bits per heavy atom. The van der Waals surface area contributed by atoms with E-state index in [9.17, 15) is 4.79 Å². The number of aromatic hydroxyl groups is 1. The normalized spacial score (nSPS) is 10.7. The lowest BCUT2D eigenvalue weighted by Gasteiger charge is -2.12. The molecule has 6 nitrogen and oxygen atoms in total. The quantitative estimate of drug-likeness (QED) is 0.411. The summed E-state index contributed by atoms with van der Waals surface area (Å²) in [6.45, 7) is 0.267. The van der Waals surface area contributed by atoms with Gasteiger partial charge in [-0.2, -0.15) is 5.26 Å². The molecule has 0 aliphatic rings. The summed E-state index contributed by atoms with van der Waals surface area (Å²) in [5.74, 6) is -0.449. The number of rotatable bonds is 5. The maximum Gasteiger partial charge on any atom is 0.267 e. The van der Waals surface area contributed by atoms with Crippen LogP contribution in [0, 0.1) is 11.3 Å². The molecule has 0 fully saturated rings. The van der Waals surface area contributed by atoms with Gasteiger partial charge < -0.3 is 20.4 Å². The highest BCUT2D eigenvalue weighted by atomic mass is 16.3. The van der Waals surface area contributed by atoms with Crippen LogP contribution in [0.4, 0.5) is 5.69 Å². The number of amides is 1. The third-order valence-corrected chi connectivity index (χ3v) is 2.29. The zero-order valence-electron chi connectivity index (χ0n) is 10.5. The van der Waals surface area contributed by atoms with E-state index < -0.39 is 5.91 Å². The molecule has 0 aliphatic heterocycles. The highest BCUT2D eigenvalue weighted by Crippen LogP contribution is 2.14. The second-order valence-corrected chi connectivity index (χ2v) is 3.86. The van der Waals surface area contributed by atoms with Gasteiger partial charge in [-0.05, 0) is 24.3 Å². The fourth-order valence-corrected chi connectivity index (χ4v) is 1.32. The molecule has 1 amide bonds. The third kappa shape index (κ3) is 4.69. The van der Waals surface area contributed by atoms with Crippen molar-refractivity contribution >= 4 is 11.6 Å². The van der Waals surface area contributed by atoms with E-state index in [1.807, 2.05) is 0 Å². The number of phenolic OH excluding ortho intramolecular Hbond substituents is 1. The van der Waals surface area contributed by atoms with E-state index in [1.54, 1.807) is 18.0 Å². The number of benzene rings is 1. The van der Waals surface area contributed by atoms with Crippen LogP contribution in [-0.4, -0.2) is 41.2 Å². The van der Waals surface area contributed by atoms with E-state index in [1.165, 1.54) is 30.5 Å². The highest BCUT2D eigenvalue weighted by Gasteiger charge is 2.10. The average molecular weight is 261 g/mol. The standard InChI is InChI=1S/C13H15N3O3/c1-16(6-7-17)9-10(8-14)13(19)15-11-2-4-12(18)5-3-11/h2-5,9,17-18H,6-7H2,1H3,(H,15,19)/b10-9-. The molecule has 100 valence electrons. The number of carbonyl (C=O) groups excluding carboxylic acids is 1. The molecule has 3 N–H and O–H groups in total. The van der Waals surface area contributed by atoms with E-state index in [4.69, 9.17) is 15.5 Å². The second-order valence-electron chi connectivity index (χ2n) is 3.86. The Morgan fingerprint density at radius 2 is 2.11 bits per heavy atom. The van der Waals surface area contributed by atoms with Gasteiger partial charge in [0.15, 0.2) is 0 Å². The molecule has 0 radical (unpaired) electrons. The van der Waals surface area contributed by atoms with Gasteiger partial charge in [-0.1, -0.05) is 0 Å². The molecule has 1 rings (SSSR count). The number of aliphatic hydroxyl groups is 1. The van der Waals surface area contributed by atoms with Crippen molar-refractivity contribution in [3.63, 3.8) is 0 Å². The van der Waals surface area contributed by atoms with Crippen LogP contribution in [0.3, 0.4) is 0 Å².